The van der Waals surface area contributed by atoms with Gasteiger partial charge in [-0.05, 0) is 41.8 Å². The monoisotopic (exact) mass is 491 g/mol. The summed E-state index contributed by atoms with van der Waals surface area (Å²) in [7, 11) is 0. The van der Waals surface area contributed by atoms with Crippen molar-refractivity contribution in [1.82, 2.24) is 15.0 Å². The Morgan fingerprint density at radius 1 is 1.03 bits per heavy atom. The number of aliphatic hydroxyl groups excluding tert-OH is 2. The number of hydrogen-bond acceptors (Lipinski definition) is 6. The van der Waals surface area contributed by atoms with Crippen LogP contribution in [0.3, 0.4) is 0 Å². The molecule has 2 atom stereocenters. The molecule has 9 heteroatoms. The summed E-state index contributed by atoms with van der Waals surface area (Å²) in [4.78, 5) is 0. The zero-order chi connectivity index (χ0) is 24.7. The van der Waals surface area contributed by atoms with Gasteiger partial charge in [0, 0.05) is 5.41 Å². The molecular formula is C25H31ClFN3O4. The zero-order valence-electron chi connectivity index (χ0n) is 19.6. The average Bonchev–Trinajstić information content (AvgIpc) is 3.29. The van der Waals surface area contributed by atoms with Crippen molar-refractivity contribution < 1.29 is 24.1 Å². The van der Waals surface area contributed by atoms with E-state index < -0.39 is 18.9 Å². The van der Waals surface area contributed by atoms with Crippen molar-refractivity contribution in [2.45, 2.75) is 51.6 Å². The number of alkyl halides is 2. The first-order valence-corrected chi connectivity index (χ1v) is 11.6. The van der Waals surface area contributed by atoms with Gasteiger partial charge in [0.25, 0.3) is 0 Å². The molecule has 0 spiro atoms. The predicted molar refractivity (Wildman–Crippen MR) is 128 cm³/mol. The Morgan fingerprint density at radius 2 is 1.71 bits per heavy atom. The number of halogens is 2. The van der Waals surface area contributed by atoms with E-state index in [1.165, 1.54) is 10.9 Å². The van der Waals surface area contributed by atoms with E-state index in [1.54, 1.807) is 0 Å². The number of aliphatic hydroxyl groups is 2. The molecule has 0 amide bonds. The standard InChI is InChI=1S/C25H31ClFN3O4/c1-17-10-19(6-9-24(17)34-15-21(31)11-26)25(2,3)18-4-7-23(8-5-18)33-16-22(32)14-30-13-20(12-27)28-29-30/h4-10,13,21-22,31-32H,11-12,14-16H2,1-3H3/t21-,22-/m1/s1. The van der Waals surface area contributed by atoms with E-state index in [9.17, 15) is 14.6 Å². The minimum Gasteiger partial charge on any atom is -0.491 e. The normalized spacial score (nSPS) is 13.5. The molecular weight excluding hydrogens is 461 g/mol. The van der Waals surface area contributed by atoms with Gasteiger partial charge >= 0.3 is 0 Å². The third-order valence-electron chi connectivity index (χ3n) is 5.65. The quantitative estimate of drug-likeness (QED) is 0.375. The first-order chi connectivity index (χ1) is 16.2. The Hall–Kier alpha value is -2.68. The Balaban J connectivity index is 1.59. The summed E-state index contributed by atoms with van der Waals surface area (Å²) in [5, 5.41) is 27.2. The lowest BCUT2D eigenvalue weighted by molar-refractivity contribution is 0.0888. The molecule has 1 aromatic heterocycles. The van der Waals surface area contributed by atoms with Crippen LogP contribution in [0, 0.1) is 6.92 Å². The van der Waals surface area contributed by atoms with Crippen LogP contribution in [0.15, 0.2) is 48.7 Å². The van der Waals surface area contributed by atoms with Crippen LogP contribution in [0.4, 0.5) is 4.39 Å². The Kier molecular flexibility index (Phi) is 8.88. The van der Waals surface area contributed by atoms with Crippen LogP contribution in [-0.2, 0) is 18.6 Å². The molecule has 2 aromatic carbocycles. The van der Waals surface area contributed by atoms with Crippen molar-refractivity contribution in [2.24, 2.45) is 0 Å². The number of hydrogen-bond donors (Lipinski definition) is 2. The molecule has 34 heavy (non-hydrogen) atoms. The maximum Gasteiger partial charge on any atom is 0.135 e. The Morgan fingerprint density at radius 3 is 2.32 bits per heavy atom. The minimum absolute atomic E-state index is 0.0760. The molecule has 0 aliphatic heterocycles. The van der Waals surface area contributed by atoms with E-state index in [2.05, 4.69) is 30.2 Å². The van der Waals surface area contributed by atoms with E-state index in [0.717, 1.165) is 22.4 Å². The highest BCUT2D eigenvalue weighted by Crippen LogP contribution is 2.34. The van der Waals surface area contributed by atoms with Gasteiger partial charge in [0.15, 0.2) is 0 Å². The fourth-order valence-electron chi connectivity index (χ4n) is 3.52. The van der Waals surface area contributed by atoms with Crippen LogP contribution in [0.25, 0.3) is 0 Å². The first-order valence-electron chi connectivity index (χ1n) is 11.1. The van der Waals surface area contributed by atoms with Crippen LogP contribution in [0.1, 0.15) is 36.2 Å². The van der Waals surface area contributed by atoms with Gasteiger partial charge in [0.2, 0.25) is 0 Å². The van der Waals surface area contributed by atoms with Crippen molar-refractivity contribution in [3.05, 3.63) is 71.0 Å². The summed E-state index contributed by atoms with van der Waals surface area (Å²) in [6.07, 6.45) is -0.0423. The molecule has 0 saturated carbocycles. The maximum absolute atomic E-state index is 12.6. The topological polar surface area (TPSA) is 89.6 Å². The molecule has 2 N–H and O–H groups in total. The van der Waals surface area contributed by atoms with Crippen molar-refractivity contribution in [3.63, 3.8) is 0 Å². The van der Waals surface area contributed by atoms with E-state index >= 15 is 0 Å². The second-order valence-corrected chi connectivity index (χ2v) is 9.09. The van der Waals surface area contributed by atoms with Crippen LogP contribution >= 0.6 is 11.6 Å². The highest BCUT2D eigenvalue weighted by molar-refractivity contribution is 6.18. The molecule has 7 nitrogen and oxygen atoms in total. The lowest BCUT2D eigenvalue weighted by Crippen LogP contribution is -2.24. The van der Waals surface area contributed by atoms with Gasteiger partial charge in [-0.15, -0.1) is 16.7 Å². The highest BCUT2D eigenvalue weighted by atomic mass is 35.5. The number of aromatic nitrogens is 3. The van der Waals surface area contributed by atoms with E-state index in [1.807, 2.05) is 43.3 Å². The maximum atomic E-state index is 12.6. The van der Waals surface area contributed by atoms with Crippen LogP contribution < -0.4 is 9.47 Å². The summed E-state index contributed by atoms with van der Waals surface area (Å²) in [6.45, 7) is 5.97. The van der Waals surface area contributed by atoms with Gasteiger partial charge in [-0.1, -0.05) is 43.3 Å². The summed E-state index contributed by atoms with van der Waals surface area (Å²) in [5.74, 6) is 1.49. The number of benzene rings is 2. The minimum atomic E-state index is -0.806. The highest BCUT2D eigenvalue weighted by Gasteiger charge is 2.24. The molecule has 0 aliphatic carbocycles. The van der Waals surface area contributed by atoms with E-state index in [4.69, 9.17) is 21.1 Å². The number of nitrogens with zero attached hydrogens (tertiary/aromatic N) is 3. The second-order valence-electron chi connectivity index (χ2n) is 8.78. The lowest BCUT2D eigenvalue weighted by atomic mass is 9.77. The molecule has 0 saturated heterocycles. The molecule has 184 valence electrons. The Bertz CT molecular complexity index is 1060. The molecule has 1 heterocycles. The van der Waals surface area contributed by atoms with Crippen LogP contribution in [0.2, 0.25) is 0 Å². The third kappa shape index (κ3) is 6.68. The van der Waals surface area contributed by atoms with Gasteiger partial charge in [-0.3, -0.25) is 0 Å². The van der Waals surface area contributed by atoms with Gasteiger partial charge < -0.3 is 19.7 Å². The predicted octanol–water partition coefficient (Wildman–Crippen LogP) is 3.80. The van der Waals surface area contributed by atoms with Crippen molar-refractivity contribution in [1.29, 1.82) is 0 Å². The van der Waals surface area contributed by atoms with Crippen LogP contribution in [-0.4, -0.2) is 56.5 Å². The molecule has 3 aromatic rings. The lowest BCUT2D eigenvalue weighted by Gasteiger charge is -2.27. The molecule has 0 fully saturated rings. The number of ether oxygens (including phenoxy) is 2. The molecule has 0 bridgehead atoms. The van der Waals surface area contributed by atoms with Crippen molar-refractivity contribution in [3.8, 4) is 11.5 Å². The van der Waals surface area contributed by atoms with Gasteiger partial charge in [-0.2, -0.15) is 0 Å². The first kappa shape index (κ1) is 25.9. The van der Waals surface area contributed by atoms with Gasteiger partial charge in [-0.25, -0.2) is 9.07 Å². The zero-order valence-corrected chi connectivity index (χ0v) is 20.4. The average molecular weight is 492 g/mol. The van der Waals surface area contributed by atoms with E-state index in [-0.39, 0.29) is 36.7 Å². The number of aryl methyl sites for hydroxylation is 1. The second kappa shape index (κ2) is 11.6. The summed E-state index contributed by atoms with van der Waals surface area (Å²) < 4.78 is 25.3. The van der Waals surface area contributed by atoms with E-state index in [0.29, 0.717) is 5.75 Å². The Labute approximate surface area is 204 Å². The molecule has 0 unspecified atom stereocenters. The van der Waals surface area contributed by atoms with Gasteiger partial charge in [0.1, 0.15) is 49.3 Å². The smallest absolute Gasteiger partial charge is 0.135 e. The fourth-order valence-corrected chi connectivity index (χ4v) is 3.60. The molecule has 0 aliphatic rings. The number of rotatable bonds is 12. The summed E-state index contributed by atoms with van der Waals surface area (Å²) >= 11 is 5.63. The van der Waals surface area contributed by atoms with Crippen molar-refractivity contribution >= 4 is 11.6 Å². The SMILES string of the molecule is Cc1cc(C(C)(C)c2ccc(OC[C@H](O)Cn3cc(CF)nn3)cc2)ccc1OC[C@H](O)CCl. The molecule has 3 rings (SSSR count). The third-order valence-corrected chi connectivity index (χ3v) is 6.00. The molecule has 0 radical (unpaired) electrons. The fraction of sp³-hybridized carbons (Fsp3) is 0.440. The summed E-state index contributed by atoms with van der Waals surface area (Å²) in [5.41, 5.74) is 3.17. The largest absolute Gasteiger partial charge is 0.491 e. The van der Waals surface area contributed by atoms with Crippen molar-refractivity contribution in [2.75, 3.05) is 19.1 Å². The van der Waals surface area contributed by atoms with Crippen LogP contribution in [0.5, 0.6) is 11.5 Å². The van der Waals surface area contributed by atoms with Gasteiger partial charge in [0.05, 0.1) is 18.6 Å². The summed E-state index contributed by atoms with van der Waals surface area (Å²) in [6, 6.07) is 13.8.